The average molecular weight is 274 g/mol. The number of amides is 1. The molecule has 1 aromatic rings. The van der Waals surface area contributed by atoms with Gasteiger partial charge in [-0.15, -0.1) is 0 Å². The Hall–Kier alpha value is -1.39. The molecule has 1 aromatic carbocycles. The maximum Gasteiger partial charge on any atom is 0.253 e. The van der Waals surface area contributed by atoms with Crippen LogP contribution in [0.5, 0.6) is 0 Å². The number of hydrogen-bond acceptors (Lipinski definition) is 3. The monoisotopic (exact) mass is 274 g/mol. The number of hydrogen-bond donors (Lipinski definition) is 1. The van der Waals surface area contributed by atoms with Crippen LogP contribution in [0.1, 0.15) is 34.3 Å². The first-order chi connectivity index (χ1) is 9.75. The van der Waals surface area contributed by atoms with E-state index in [0.717, 1.165) is 44.5 Å². The molecule has 2 aliphatic heterocycles. The molecule has 1 atom stereocenters. The third kappa shape index (κ3) is 2.72. The maximum absolute atomic E-state index is 12.7. The Morgan fingerprint density at radius 2 is 2.40 bits per heavy atom. The summed E-state index contributed by atoms with van der Waals surface area (Å²) in [5.74, 6) is 0.124. The Bertz CT molecular complexity index is 495. The van der Waals surface area contributed by atoms with E-state index in [-0.39, 0.29) is 12.0 Å². The standard InChI is InChI=1S/C16H22N2O2/c1-18(11-13-5-3-9-20-13)16(19)15-6-2-4-12-10-17-8-7-14(12)15/h2,4,6,13,17H,3,5,7-11H2,1H3. The number of ether oxygens (including phenoxy) is 1. The molecule has 0 aromatic heterocycles. The van der Waals surface area contributed by atoms with Crippen molar-refractivity contribution in [2.75, 3.05) is 26.7 Å². The summed E-state index contributed by atoms with van der Waals surface area (Å²) in [5, 5.41) is 3.35. The summed E-state index contributed by atoms with van der Waals surface area (Å²) in [4.78, 5) is 14.5. The molecule has 108 valence electrons. The molecule has 0 saturated carbocycles. The van der Waals surface area contributed by atoms with E-state index in [0.29, 0.717) is 6.54 Å². The van der Waals surface area contributed by atoms with Crippen LogP contribution in [-0.2, 0) is 17.7 Å². The van der Waals surface area contributed by atoms with Crippen LogP contribution in [0.15, 0.2) is 18.2 Å². The summed E-state index contributed by atoms with van der Waals surface area (Å²) < 4.78 is 5.62. The lowest BCUT2D eigenvalue weighted by Crippen LogP contribution is -2.35. The molecule has 1 N–H and O–H groups in total. The van der Waals surface area contributed by atoms with Gasteiger partial charge in [0.05, 0.1) is 6.10 Å². The largest absolute Gasteiger partial charge is 0.376 e. The van der Waals surface area contributed by atoms with Crippen LogP contribution in [0, 0.1) is 0 Å². The van der Waals surface area contributed by atoms with E-state index >= 15 is 0 Å². The van der Waals surface area contributed by atoms with E-state index < -0.39 is 0 Å². The highest BCUT2D eigenvalue weighted by atomic mass is 16.5. The number of benzene rings is 1. The van der Waals surface area contributed by atoms with Crippen LogP contribution >= 0.6 is 0 Å². The van der Waals surface area contributed by atoms with Gasteiger partial charge in [-0.05, 0) is 43.0 Å². The van der Waals surface area contributed by atoms with Gasteiger partial charge >= 0.3 is 0 Å². The third-order valence-corrected chi connectivity index (χ3v) is 4.22. The number of rotatable bonds is 3. The zero-order valence-electron chi connectivity index (χ0n) is 12.0. The first kappa shape index (κ1) is 13.6. The van der Waals surface area contributed by atoms with Crippen molar-refractivity contribution in [2.24, 2.45) is 0 Å². The molecule has 4 heteroatoms. The van der Waals surface area contributed by atoms with Crippen molar-refractivity contribution in [1.29, 1.82) is 0 Å². The summed E-state index contributed by atoms with van der Waals surface area (Å²) in [7, 11) is 1.88. The van der Waals surface area contributed by atoms with Gasteiger partial charge < -0.3 is 15.0 Å². The number of nitrogens with one attached hydrogen (secondary N) is 1. The highest BCUT2D eigenvalue weighted by Crippen LogP contribution is 2.21. The molecule has 1 fully saturated rings. The molecular formula is C16H22N2O2. The second-order valence-corrected chi connectivity index (χ2v) is 5.69. The van der Waals surface area contributed by atoms with Gasteiger partial charge in [-0.2, -0.15) is 0 Å². The minimum absolute atomic E-state index is 0.124. The Balaban J connectivity index is 1.76. The normalized spacial score (nSPS) is 21.6. The van der Waals surface area contributed by atoms with E-state index in [4.69, 9.17) is 4.74 Å². The molecule has 3 rings (SSSR count). The molecule has 20 heavy (non-hydrogen) atoms. The minimum Gasteiger partial charge on any atom is -0.376 e. The Labute approximate surface area is 120 Å². The lowest BCUT2D eigenvalue weighted by Gasteiger charge is -2.24. The second-order valence-electron chi connectivity index (χ2n) is 5.69. The maximum atomic E-state index is 12.7. The molecule has 4 nitrogen and oxygen atoms in total. The van der Waals surface area contributed by atoms with Crippen molar-refractivity contribution >= 4 is 5.91 Å². The SMILES string of the molecule is CN(CC1CCCO1)C(=O)c1cccc2c1CCNC2. The van der Waals surface area contributed by atoms with Crippen molar-refractivity contribution in [2.45, 2.75) is 31.9 Å². The fourth-order valence-electron chi connectivity index (χ4n) is 3.11. The molecule has 0 bridgehead atoms. The van der Waals surface area contributed by atoms with Gasteiger partial charge in [0.15, 0.2) is 0 Å². The molecular weight excluding hydrogens is 252 g/mol. The Morgan fingerprint density at radius 3 is 3.20 bits per heavy atom. The van der Waals surface area contributed by atoms with Gasteiger partial charge in [0, 0.05) is 32.3 Å². The summed E-state index contributed by atoms with van der Waals surface area (Å²) in [6.45, 7) is 3.35. The van der Waals surface area contributed by atoms with Crippen molar-refractivity contribution < 1.29 is 9.53 Å². The zero-order valence-corrected chi connectivity index (χ0v) is 12.0. The third-order valence-electron chi connectivity index (χ3n) is 4.22. The molecule has 2 aliphatic rings. The van der Waals surface area contributed by atoms with Crippen molar-refractivity contribution in [3.8, 4) is 0 Å². The van der Waals surface area contributed by atoms with Crippen LogP contribution in [0.4, 0.5) is 0 Å². The minimum atomic E-state index is 0.124. The number of carbonyl (C=O) groups is 1. The Kier molecular flexibility index (Phi) is 4.03. The fourth-order valence-corrected chi connectivity index (χ4v) is 3.11. The van der Waals surface area contributed by atoms with Crippen molar-refractivity contribution in [3.63, 3.8) is 0 Å². The van der Waals surface area contributed by atoms with E-state index in [1.54, 1.807) is 0 Å². The lowest BCUT2D eigenvalue weighted by atomic mass is 9.95. The van der Waals surface area contributed by atoms with Gasteiger partial charge in [0.1, 0.15) is 0 Å². The molecule has 1 amide bonds. The topological polar surface area (TPSA) is 41.6 Å². The van der Waals surface area contributed by atoms with E-state index in [1.165, 1.54) is 11.1 Å². The Morgan fingerprint density at radius 1 is 1.50 bits per heavy atom. The summed E-state index contributed by atoms with van der Waals surface area (Å²) in [6.07, 6.45) is 3.32. The first-order valence-electron chi connectivity index (χ1n) is 7.44. The summed E-state index contributed by atoms with van der Waals surface area (Å²) in [6, 6.07) is 6.05. The molecule has 0 radical (unpaired) electrons. The van der Waals surface area contributed by atoms with Gasteiger partial charge in [0.25, 0.3) is 5.91 Å². The summed E-state index contributed by atoms with van der Waals surface area (Å²) >= 11 is 0. The molecule has 0 spiro atoms. The van der Waals surface area contributed by atoms with E-state index in [1.807, 2.05) is 24.1 Å². The van der Waals surface area contributed by atoms with Gasteiger partial charge in [-0.3, -0.25) is 4.79 Å². The van der Waals surface area contributed by atoms with Gasteiger partial charge in [-0.1, -0.05) is 12.1 Å². The smallest absolute Gasteiger partial charge is 0.253 e. The fraction of sp³-hybridized carbons (Fsp3) is 0.562. The van der Waals surface area contributed by atoms with E-state index in [2.05, 4.69) is 11.4 Å². The number of fused-ring (bicyclic) bond motifs is 1. The van der Waals surface area contributed by atoms with Crippen LogP contribution < -0.4 is 5.32 Å². The second kappa shape index (κ2) is 5.94. The van der Waals surface area contributed by atoms with Crippen molar-refractivity contribution in [1.82, 2.24) is 10.2 Å². The zero-order chi connectivity index (χ0) is 13.9. The number of carbonyl (C=O) groups excluding carboxylic acids is 1. The number of nitrogens with zero attached hydrogens (tertiary/aromatic N) is 1. The van der Waals surface area contributed by atoms with Gasteiger partial charge in [-0.25, -0.2) is 0 Å². The van der Waals surface area contributed by atoms with E-state index in [9.17, 15) is 4.79 Å². The van der Waals surface area contributed by atoms with Crippen LogP contribution in [0.2, 0.25) is 0 Å². The van der Waals surface area contributed by atoms with Gasteiger partial charge in [0.2, 0.25) is 0 Å². The predicted molar refractivity (Wildman–Crippen MR) is 77.8 cm³/mol. The lowest BCUT2D eigenvalue weighted by molar-refractivity contribution is 0.0586. The van der Waals surface area contributed by atoms with Crippen molar-refractivity contribution in [3.05, 3.63) is 34.9 Å². The molecule has 2 heterocycles. The highest BCUT2D eigenvalue weighted by molar-refractivity contribution is 5.96. The molecule has 0 aliphatic carbocycles. The molecule has 1 unspecified atom stereocenters. The number of likely N-dealkylation sites (N-methyl/N-ethyl adjacent to an activating group) is 1. The van der Waals surface area contributed by atoms with Crippen LogP contribution in [-0.4, -0.2) is 43.7 Å². The highest BCUT2D eigenvalue weighted by Gasteiger charge is 2.23. The summed E-state index contributed by atoms with van der Waals surface area (Å²) in [5.41, 5.74) is 3.34. The first-order valence-corrected chi connectivity index (χ1v) is 7.44. The molecule has 1 saturated heterocycles. The average Bonchev–Trinajstić information content (AvgIpc) is 2.99. The quantitative estimate of drug-likeness (QED) is 0.910. The predicted octanol–water partition coefficient (Wildman–Crippen LogP) is 1.58. The van der Waals surface area contributed by atoms with Crippen LogP contribution in [0.25, 0.3) is 0 Å². The van der Waals surface area contributed by atoms with Crippen LogP contribution in [0.3, 0.4) is 0 Å².